The molecule has 0 spiro atoms. The highest BCUT2D eigenvalue weighted by Gasteiger charge is 2.70. The number of amides is 1. The van der Waals surface area contributed by atoms with Crippen LogP contribution in [0, 0.1) is 5.92 Å². The van der Waals surface area contributed by atoms with Crippen molar-refractivity contribution in [2.75, 3.05) is 5.32 Å². The van der Waals surface area contributed by atoms with Gasteiger partial charge < -0.3 is 15.8 Å². The molecule has 1 aromatic heterocycles. The van der Waals surface area contributed by atoms with Crippen molar-refractivity contribution in [3.8, 4) is 0 Å². The number of aromatic nitrogens is 1. The molecule has 2 aliphatic rings. The Kier molecular flexibility index (Phi) is 4.11. The van der Waals surface area contributed by atoms with Crippen molar-refractivity contribution in [2.24, 2.45) is 11.7 Å². The molecular formula is C19H19N3O3S. The number of hydrogen-bond acceptors (Lipinski definition) is 6. The van der Waals surface area contributed by atoms with E-state index in [0.717, 1.165) is 23.4 Å². The molecule has 3 N–H and O–H groups in total. The lowest BCUT2D eigenvalue weighted by Gasteiger charge is -2.35. The molecule has 26 heavy (non-hydrogen) atoms. The Balaban J connectivity index is 1.38. The monoisotopic (exact) mass is 369 g/mol. The van der Waals surface area contributed by atoms with Crippen LogP contribution in [0.2, 0.25) is 0 Å². The molecule has 4 rings (SSSR count). The number of benzene rings is 1. The van der Waals surface area contributed by atoms with Gasteiger partial charge in [-0.2, -0.15) is 0 Å². The number of rotatable bonds is 6. The van der Waals surface area contributed by atoms with Crippen molar-refractivity contribution < 1.29 is 14.3 Å². The van der Waals surface area contributed by atoms with Crippen LogP contribution in [0.5, 0.6) is 0 Å². The first-order valence-corrected chi connectivity index (χ1v) is 9.27. The SMILES string of the molecule is CC(=O)OC1CC2CC21Sc1ccc(Nc2ccc(C(N)=O)cn2)cc1. The molecular weight excluding hydrogens is 350 g/mol. The van der Waals surface area contributed by atoms with Crippen LogP contribution in [0.4, 0.5) is 11.5 Å². The second kappa shape index (κ2) is 6.32. The highest BCUT2D eigenvalue weighted by molar-refractivity contribution is 8.01. The zero-order chi connectivity index (χ0) is 18.3. The summed E-state index contributed by atoms with van der Waals surface area (Å²) in [4.78, 5) is 27.6. The lowest BCUT2D eigenvalue weighted by molar-refractivity contribution is -0.149. The summed E-state index contributed by atoms with van der Waals surface area (Å²) in [6.07, 6.45) is 3.60. The molecule has 3 unspecified atom stereocenters. The summed E-state index contributed by atoms with van der Waals surface area (Å²) in [6, 6.07) is 11.4. The van der Waals surface area contributed by atoms with Crippen molar-refractivity contribution in [1.82, 2.24) is 4.98 Å². The molecule has 1 aromatic carbocycles. The Bertz CT molecular complexity index is 853. The number of hydrogen-bond donors (Lipinski definition) is 2. The molecule has 2 saturated carbocycles. The summed E-state index contributed by atoms with van der Waals surface area (Å²) in [5.41, 5.74) is 6.49. The maximum Gasteiger partial charge on any atom is 0.302 e. The van der Waals surface area contributed by atoms with Gasteiger partial charge in [0, 0.05) is 23.7 Å². The predicted octanol–water partition coefficient (Wildman–Crippen LogP) is 3.11. The standard InChI is InChI=1S/C19H19N3O3S/c1-11(23)25-16-8-13-9-19(13,16)26-15-5-3-14(4-6-15)22-17-7-2-12(10-21-17)18(20)24/h2-7,10,13,16H,8-9H2,1H3,(H2,20,24)(H,21,22). The number of nitrogens with zero attached hydrogens (tertiary/aromatic N) is 1. The van der Waals surface area contributed by atoms with E-state index in [1.54, 1.807) is 23.9 Å². The van der Waals surface area contributed by atoms with Crippen LogP contribution in [-0.2, 0) is 9.53 Å². The van der Waals surface area contributed by atoms with E-state index in [4.69, 9.17) is 10.5 Å². The van der Waals surface area contributed by atoms with E-state index in [2.05, 4.69) is 22.4 Å². The average molecular weight is 369 g/mol. The largest absolute Gasteiger partial charge is 0.461 e. The zero-order valence-electron chi connectivity index (χ0n) is 14.3. The van der Waals surface area contributed by atoms with Gasteiger partial charge in [0.2, 0.25) is 5.91 Å². The molecule has 6 nitrogen and oxygen atoms in total. The summed E-state index contributed by atoms with van der Waals surface area (Å²) in [6.45, 7) is 1.47. The summed E-state index contributed by atoms with van der Waals surface area (Å²) in [5.74, 6) is 0.619. The highest BCUT2D eigenvalue weighted by Crippen LogP contribution is 2.70. The molecule has 7 heteroatoms. The third kappa shape index (κ3) is 3.14. The number of carbonyl (C=O) groups excluding carboxylic acids is 2. The van der Waals surface area contributed by atoms with Crippen LogP contribution < -0.4 is 11.1 Å². The van der Waals surface area contributed by atoms with Crippen molar-refractivity contribution >= 4 is 35.1 Å². The lowest BCUT2D eigenvalue weighted by atomic mass is 9.95. The van der Waals surface area contributed by atoms with Crippen molar-refractivity contribution in [3.05, 3.63) is 48.2 Å². The number of carbonyl (C=O) groups is 2. The van der Waals surface area contributed by atoms with Crippen LogP contribution >= 0.6 is 11.8 Å². The maximum absolute atomic E-state index is 11.2. The van der Waals surface area contributed by atoms with E-state index < -0.39 is 5.91 Å². The molecule has 2 fully saturated rings. The van der Waals surface area contributed by atoms with E-state index >= 15 is 0 Å². The van der Waals surface area contributed by atoms with Gasteiger partial charge in [-0.15, -0.1) is 11.8 Å². The second-order valence-corrected chi connectivity index (χ2v) is 8.17. The van der Waals surface area contributed by atoms with Crippen LogP contribution in [0.1, 0.15) is 30.1 Å². The van der Waals surface area contributed by atoms with Crippen LogP contribution in [0.3, 0.4) is 0 Å². The Morgan fingerprint density at radius 2 is 2.04 bits per heavy atom. The molecule has 0 radical (unpaired) electrons. The van der Waals surface area contributed by atoms with Gasteiger partial charge in [0.05, 0.1) is 10.3 Å². The summed E-state index contributed by atoms with van der Waals surface area (Å²) in [7, 11) is 0. The van der Waals surface area contributed by atoms with Crippen molar-refractivity contribution in [3.63, 3.8) is 0 Å². The molecule has 2 aromatic rings. The van der Waals surface area contributed by atoms with E-state index in [1.165, 1.54) is 13.1 Å². The zero-order valence-corrected chi connectivity index (χ0v) is 15.1. The molecule has 1 amide bonds. The van der Waals surface area contributed by atoms with Gasteiger partial charge in [0.15, 0.2) is 0 Å². The quantitative estimate of drug-likeness (QED) is 0.760. The number of pyridine rings is 1. The van der Waals surface area contributed by atoms with Gasteiger partial charge in [0.1, 0.15) is 11.9 Å². The van der Waals surface area contributed by atoms with Gasteiger partial charge in [0.25, 0.3) is 0 Å². The van der Waals surface area contributed by atoms with Crippen LogP contribution in [-0.4, -0.2) is 27.7 Å². The molecule has 3 atom stereocenters. The van der Waals surface area contributed by atoms with Gasteiger partial charge >= 0.3 is 5.97 Å². The predicted molar refractivity (Wildman–Crippen MR) is 99.3 cm³/mol. The third-order valence-corrected chi connectivity index (χ3v) is 6.58. The fourth-order valence-corrected chi connectivity index (χ4v) is 4.96. The number of fused-ring (bicyclic) bond motifs is 1. The van der Waals surface area contributed by atoms with E-state index in [-0.39, 0.29) is 16.8 Å². The van der Waals surface area contributed by atoms with Crippen LogP contribution in [0.15, 0.2) is 47.5 Å². The van der Waals surface area contributed by atoms with Crippen molar-refractivity contribution in [1.29, 1.82) is 0 Å². The fourth-order valence-electron chi connectivity index (χ4n) is 3.43. The number of nitrogens with two attached hydrogens (primary N) is 1. The minimum absolute atomic E-state index is 0.0424. The molecule has 0 saturated heterocycles. The molecule has 0 aliphatic heterocycles. The first-order valence-electron chi connectivity index (χ1n) is 8.45. The van der Waals surface area contributed by atoms with E-state index in [1.807, 2.05) is 12.1 Å². The van der Waals surface area contributed by atoms with Gasteiger partial charge in [-0.1, -0.05) is 0 Å². The van der Waals surface area contributed by atoms with E-state index in [0.29, 0.717) is 17.3 Å². The topological polar surface area (TPSA) is 94.3 Å². The molecule has 1 heterocycles. The van der Waals surface area contributed by atoms with Gasteiger partial charge in [-0.05, 0) is 55.2 Å². The minimum atomic E-state index is -0.494. The fraction of sp³-hybridized carbons (Fsp3) is 0.316. The second-order valence-electron chi connectivity index (χ2n) is 6.74. The Morgan fingerprint density at radius 3 is 2.58 bits per heavy atom. The number of esters is 1. The Morgan fingerprint density at radius 1 is 1.27 bits per heavy atom. The van der Waals surface area contributed by atoms with Crippen molar-refractivity contribution in [2.45, 2.75) is 35.5 Å². The minimum Gasteiger partial charge on any atom is -0.461 e. The molecule has 134 valence electrons. The number of thioether (sulfide) groups is 1. The number of nitrogens with one attached hydrogen (secondary N) is 1. The molecule has 2 aliphatic carbocycles. The summed E-state index contributed by atoms with van der Waals surface area (Å²) < 4.78 is 5.52. The Labute approximate surface area is 155 Å². The third-order valence-electron chi connectivity index (χ3n) is 4.93. The smallest absolute Gasteiger partial charge is 0.302 e. The van der Waals surface area contributed by atoms with Crippen LogP contribution in [0.25, 0.3) is 0 Å². The highest BCUT2D eigenvalue weighted by atomic mass is 32.2. The van der Waals surface area contributed by atoms with Gasteiger partial charge in [-0.3, -0.25) is 9.59 Å². The number of anilines is 2. The summed E-state index contributed by atoms with van der Waals surface area (Å²) in [5, 5.41) is 3.19. The van der Waals surface area contributed by atoms with Gasteiger partial charge in [-0.25, -0.2) is 4.98 Å². The first kappa shape index (κ1) is 16.9. The first-order chi connectivity index (χ1) is 12.5. The summed E-state index contributed by atoms with van der Waals surface area (Å²) >= 11 is 1.81. The molecule has 0 bridgehead atoms. The average Bonchev–Trinajstić information content (AvgIpc) is 3.19. The normalized spacial score (nSPS) is 25.6. The number of primary amides is 1. The number of ether oxygens (including phenoxy) is 1. The lowest BCUT2D eigenvalue weighted by Crippen LogP contribution is -2.40. The maximum atomic E-state index is 11.2. The van der Waals surface area contributed by atoms with E-state index in [9.17, 15) is 9.59 Å². The Hall–Kier alpha value is -2.54.